The third kappa shape index (κ3) is 2.89. The molecule has 0 saturated carbocycles. The lowest BCUT2D eigenvalue weighted by Crippen LogP contribution is -2.02. The Kier molecular flexibility index (Phi) is 3.99. The van der Waals surface area contributed by atoms with E-state index in [4.69, 9.17) is 15.2 Å². The molecule has 0 saturated heterocycles. The molecule has 2 N–H and O–H groups in total. The van der Waals surface area contributed by atoms with Crippen molar-refractivity contribution in [3.63, 3.8) is 0 Å². The van der Waals surface area contributed by atoms with Gasteiger partial charge in [0.2, 0.25) is 0 Å². The molecule has 1 aromatic heterocycles. The first-order valence-electron chi connectivity index (χ1n) is 5.22. The highest BCUT2D eigenvalue weighted by Crippen LogP contribution is 2.35. The summed E-state index contributed by atoms with van der Waals surface area (Å²) in [5.74, 6) is 1.68. The van der Waals surface area contributed by atoms with Crippen LogP contribution in [0.4, 0.5) is 5.82 Å². The van der Waals surface area contributed by atoms with Gasteiger partial charge in [-0.05, 0) is 28.1 Å². The van der Waals surface area contributed by atoms with Gasteiger partial charge in [-0.2, -0.15) is 0 Å². The van der Waals surface area contributed by atoms with E-state index in [9.17, 15) is 0 Å². The Bertz CT molecular complexity index is 531. The fourth-order valence-electron chi connectivity index (χ4n) is 1.38. The van der Waals surface area contributed by atoms with Crippen LogP contribution in [0.25, 0.3) is 0 Å². The molecule has 1 aromatic carbocycles. The summed E-state index contributed by atoms with van der Waals surface area (Å²) in [7, 11) is 1.59. The van der Waals surface area contributed by atoms with Crippen LogP contribution in [0.1, 0.15) is 5.69 Å². The summed E-state index contributed by atoms with van der Waals surface area (Å²) in [5, 5.41) is 0. The zero-order chi connectivity index (χ0) is 13.0. The van der Waals surface area contributed by atoms with Gasteiger partial charge in [-0.3, -0.25) is 4.98 Å². The van der Waals surface area contributed by atoms with E-state index in [-0.39, 0.29) is 0 Å². The molecule has 1 heterocycles. The lowest BCUT2D eigenvalue weighted by Gasteiger charge is -2.11. The van der Waals surface area contributed by atoms with E-state index in [2.05, 4.69) is 25.9 Å². The highest BCUT2D eigenvalue weighted by Gasteiger charge is 2.09. The van der Waals surface area contributed by atoms with Crippen molar-refractivity contribution in [1.82, 2.24) is 9.97 Å². The quantitative estimate of drug-likeness (QED) is 0.939. The Morgan fingerprint density at radius 3 is 2.78 bits per heavy atom. The molecular weight excluding hydrogens is 298 g/mol. The minimum atomic E-state index is 0.298. The normalized spacial score (nSPS) is 10.1. The Morgan fingerprint density at radius 2 is 2.11 bits per heavy atom. The number of ether oxygens (including phenoxy) is 2. The molecule has 0 aliphatic carbocycles. The van der Waals surface area contributed by atoms with Crippen molar-refractivity contribution in [3.8, 4) is 11.5 Å². The highest BCUT2D eigenvalue weighted by molar-refractivity contribution is 9.10. The van der Waals surface area contributed by atoms with Crippen molar-refractivity contribution in [2.24, 2.45) is 0 Å². The Labute approximate surface area is 113 Å². The van der Waals surface area contributed by atoms with Gasteiger partial charge in [-0.15, -0.1) is 0 Å². The number of hydrogen-bond donors (Lipinski definition) is 1. The first-order chi connectivity index (χ1) is 8.70. The number of nitrogens with two attached hydrogens (primary N) is 1. The second kappa shape index (κ2) is 5.68. The number of rotatable bonds is 4. The van der Waals surface area contributed by atoms with E-state index in [1.54, 1.807) is 13.3 Å². The highest BCUT2D eigenvalue weighted by atomic mass is 79.9. The van der Waals surface area contributed by atoms with Gasteiger partial charge in [0.15, 0.2) is 11.5 Å². The van der Waals surface area contributed by atoms with Crippen LogP contribution in [0.15, 0.2) is 35.1 Å². The maximum atomic E-state index is 5.67. The molecule has 18 heavy (non-hydrogen) atoms. The van der Waals surface area contributed by atoms with Crippen LogP contribution in [0.5, 0.6) is 11.5 Å². The van der Waals surface area contributed by atoms with Crippen LogP contribution in [-0.4, -0.2) is 17.1 Å². The number of hydrogen-bond acceptors (Lipinski definition) is 5. The maximum Gasteiger partial charge on any atom is 0.175 e. The van der Waals surface area contributed by atoms with Gasteiger partial charge >= 0.3 is 0 Å². The number of benzene rings is 1. The average molecular weight is 310 g/mol. The van der Waals surface area contributed by atoms with Gasteiger partial charge in [-0.1, -0.05) is 6.07 Å². The first kappa shape index (κ1) is 12.6. The summed E-state index contributed by atoms with van der Waals surface area (Å²) in [6, 6.07) is 5.58. The number of nitrogen functional groups attached to an aromatic ring is 1. The van der Waals surface area contributed by atoms with E-state index in [0.29, 0.717) is 29.6 Å². The van der Waals surface area contributed by atoms with Gasteiger partial charge < -0.3 is 15.2 Å². The van der Waals surface area contributed by atoms with Crippen LogP contribution in [0.3, 0.4) is 0 Å². The average Bonchev–Trinajstić information content (AvgIpc) is 2.39. The molecule has 0 radical (unpaired) electrons. The smallest absolute Gasteiger partial charge is 0.175 e. The molecule has 0 unspecified atom stereocenters. The number of anilines is 1. The van der Waals surface area contributed by atoms with Gasteiger partial charge in [0.25, 0.3) is 0 Å². The Balaban J connectivity index is 2.12. The molecule has 0 fully saturated rings. The summed E-state index contributed by atoms with van der Waals surface area (Å²) < 4.78 is 11.7. The minimum Gasteiger partial charge on any atom is -0.493 e. The largest absolute Gasteiger partial charge is 0.493 e. The predicted molar refractivity (Wildman–Crippen MR) is 71.5 cm³/mol. The molecular formula is C12H12BrN3O2. The number of aromatic nitrogens is 2. The van der Waals surface area contributed by atoms with Crippen LogP contribution >= 0.6 is 15.9 Å². The lowest BCUT2D eigenvalue weighted by molar-refractivity contribution is 0.278. The molecule has 2 aromatic rings. The molecule has 0 aliphatic rings. The Hall–Kier alpha value is -1.82. The van der Waals surface area contributed by atoms with E-state index in [1.165, 1.54) is 6.20 Å². The van der Waals surface area contributed by atoms with E-state index < -0.39 is 0 Å². The Morgan fingerprint density at radius 1 is 1.28 bits per heavy atom. The van der Waals surface area contributed by atoms with E-state index in [1.807, 2.05) is 18.2 Å². The SMILES string of the molecule is COc1cccc(Br)c1OCc1cnc(N)cn1. The van der Waals surface area contributed by atoms with Crippen molar-refractivity contribution < 1.29 is 9.47 Å². The van der Waals surface area contributed by atoms with Crippen molar-refractivity contribution in [1.29, 1.82) is 0 Å². The third-order valence-corrected chi connectivity index (χ3v) is 2.86. The van der Waals surface area contributed by atoms with Crippen molar-refractivity contribution in [2.45, 2.75) is 6.61 Å². The number of nitrogens with zero attached hydrogens (tertiary/aromatic N) is 2. The second-order valence-corrected chi connectivity index (χ2v) is 4.35. The van der Waals surface area contributed by atoms with Gasteiger partial charge in [0.05, 0.1) is 29.7 Å². The van der Waals surface area contributed by atoms with Gasteiger partial charge in [0.1, 0.15) is 12.4 Å². The predicted octanol–water partition coefficient (Wildman–Crippen LogP) is 2.41. The molecule has 0 spiro atoms. The van der Waals surface area contributed by atoms with Crippen molar-refractivity contribution >= 4 is 21.7 Å². The van der Waals surface area contributed by atoms with Gasteiger partial charge in [-0.25, -0.2) is 4.98 Å². The number of halogens is 1. The lowest BCUT2D eigenvalue weighted by atomic mass is 10.3. The summed E-state index contributed by atoms with van der Waals surface area (Å²) >= 11 is 3.41. The maximum absolute atomic E-state index is 5.67. The van der Waals surface area contributed by atoms with Crippen molar-refractivity contribution in [3.05, 3.63) is 40.8 Å². The van der Waals surface area contributed by atoms with E-state index >= 15 is 0 Å². The van der Waals surface area contributed by atoms with Crippen LogP contribution in [-0.2, 0) is 6.61 Å². The number of methoxy groups -OCH3 is 1. The summed E-state index contributed by atoms with van der Waals surface area (Å²) in [5.41, 5.74) is 6.16. The van der Waals surface area contributed by atoms with Crippen LogP contribution in [0, 0.1) is 0 Å². The molecule has 5 nitrogen and oxygen atoms in total. The van der Waals surface area contributed by atoms with Gasteiger partial charge in [0, 0.05) is 0 Å². The topological polar surface area (TPSA) is 70.3 Å². The van der Waals surface area contributed by atoms with E-state index in [0.717, 1.165) is 4.47 Å². The molecule has 0 aliphatic heterocycles. The summed E-state index contributed by atoms with van der Waals surface area (Å²) in [4.78, 5) is 8.06. The molecule has 0 atom stereocenters. The zero-order valence-corrected chi connectivity index (χ0v) is 11.3. The monoisotopic (exact) mass is 309 g/mol. The summed E-state index contributed by atoms with van der Waals surface area (Å²) in [6.45, 7) is 0.298. The fraction of sp³-hybridized carbons (Fsp3) is 0.167. The zero-order valence-electron chi connectivity index (χ0n) is 9.76. The van der Waals surface area contributed by atoms with Crippen LogP contribution in [0.2, 0.25) is 0 Å². The van der Waals surface area contributed by atoms with Crippen molar-refractivity contribution in [2.75, 3.05) is 12.8 Å². The molecule has 0 bridgehead atoms. The standard InChI is InChI=1S/C12H12BrN3O2/c1-17-10-4-2-3-9(13)12(10)18-7-8-5-16-11(14)6-15-8/h2-6H,7H2,1H3,(H2,14,16). The fourth-order valence-corrected chi connectivity index (χ4v) is 1.84. The number of para-hydroxylation sites is 1. The molecule has 6 heteroatoms. The van der Waals surface area contributed by atoms with Crippen LogP contribution < -0.4 is 15.2 Å². The minimum absolute atomic E-state index is 0.298. The molecule has 2 rings (SSSR count). The summed E-state index contributed by atoms with van der Waals surface area (Å²) in [6.07, 6.45) is 3.08. The molecule has 0 amide bonds. The second-order valence-electron chi connectivity index (χ2n) is 3.49. The molecule has 94 valence electrons. The first-order valence-corrected chi connectivity index (χ1v) is 6.01. The third-order valence-electron chi connectivity index (χ3n) is 2.24.